The fourth-order valence-electron chi connectivity index (χ4n) is 4.77. The van der Waals surface area contributed by atoms with Gasteiger partial charge in [-0.25, -0.2) is 9.59 Å². The lowest BCUT2D eigenvalue weighted by Crippen LogP contribution is -2.55. The first-order valence-electron chi connectivity index (χ1n) is 13.9. The van der Waals surface area contributed by atoms with E-state index < -0.39 is 36.1 Å². The summed E-state index contributed by atoms with van der Waals surface area (Å²) in [6.07, 6.45) is 0.214. The third kappa shape index (κ3) is 9.17. The zero-order valence-corrected chi connectivity index (χ0v) is 23.5. The molecule has 0 aromatic heterocycles. The summed E-state index contributed by atoms with van der Waals surface area (Å²) >= 11 is 0. The van der Waals surface area contributed by atoms with Gasteiger partial charge in [-0.05, 0) is 23.1 Å². The third-order valence-electron chi connectivity index (χ3n) is 6.98. The lowest BCUT2D eigenvalue weighted by molar-refractivity contribution is -0.145. The van der Waals surface area contributed by atoms with Crippen molar-refractivity contribution in [2.24, 2.45) is 0 Å². The van der Waals surface area contributed by atoms with E-state index in [1.165, 1.54) is 7.11 Å². The average molecular weight is 573 g/mol. The first kappa shape index (κ1) is 30.3. The SMILES string of the molecule is COC(=O)[C@H](Cc1ccccc1)NC(=O)[C@H](Cc1ccccc1)NC(=O)[C@@H]1C[C@H](NC(=O)OCc2ccccc2)CN1. The Morgan fingerprint density at radius 2 is 1.33 bits per heavy atom. The molecule has 220 valence electrons. The van der Waals surface area contributed by atoms with Crippen molar-refractivity contribution in [3.63, 3.8) is 0 Å². The van der Waals surface area contributed by atoms with E-state index in [1.54, 1.807) is 0 Å². The van der Waals surface area contributed by atoms with Crippen LogP contribution in [0.3, 0.4) is 0 Å². The van der Waals surface area contributed by atoms with Crippen LogP contribution in [0.4, 0.5) is 4.79 Å². The molecule has 0 unspecified atom stereocenters. The monoisotopic (exact) mass is 572 g/mol. The quantitative estimate of drug-likeness (QED) is 0.245. The maximum absolute atomic E-state index is 13.5. The van der Waals surface area contributed by atoms with Crippen molar-refractivity contribution in [1.82, 2.24) is 21.3 Å². The minimum atomic E-state index is -0.951. The molecule has 0 aliphatic carbocycles. The Hall–Kier alpha value is -4.70. The largest absolute Gasteiger partial charge is 0.467 e. The van der Waals surface area contributed by atoms with Crippen LogP contribution in [0.5, 0.6) is 0 Å². The molecular weight excluding hydrogens is 536 g/mol. The molecule has 0 saturated carbocycles. The average Bonchev–Trinajstić information content (AvgIpc) is 3.49. The molecule has 1 aliphatic heterocycles. The number of carbonyl (C=O) groups is 4. The minimum Gasteiger partial charge on any atom is -0.467 e. The lowest BCUT2D eigenvalue weighted by Gasteiger charge is -2.24. The van der Waals surface area contributed by atoms with E-state index in [4.69, 9.17) is 9.47 Å². The van der Waals surface area contributed by atoms with E-state index >= 15 is 0 Å². The van der Waals surface area contributed by atoms with Gasteiger partial charge in [-0.15, -0.1) is 0 Å². The highest BCUT2D eigenvalue weighted by Gasteiger charge is 2.34. The number of alkyl carbamates (subject to hydrolysis) is 1. The molecule has 10 heteroatoms. The molecule has 42 heavy (non-hydrogen) atoms. The van der Waals surface area contributed by atoms with E-state index in [1.807, 2.05) is 91.0 Å². The summed E-state index contributed by atoms with van der Waals surface area (Å²) in [6, 6.07) is 25.1. The molecule has 3 amide bonds. The van der Waals surface area contributed by atoms with Crippen LogP contribution in [-0.2, 0) is 43.3 Å². The second kappa shape index (κ2) is 15.3. The normalized spacial score (nSPS) is 17.4. The maximum Gasteiger partial charge on any atom is 0.407 e. The van der Waals surface area contributed by atoms with E-state index in [9.17, 15) is 19.2 Å². The molecular formula is C32H36N4O6. The molecule has 4 rings (SSSR count). The van der Waals surface area contributed by atoms with Gasteiger partial charge in [-0.2, -0.15) is 0 Å². The summed E-state index contributed by atoms with van der Waals surface area (Å²) in [5.74, 6) is -1.47. The van der Waals surface area contributed by atoms with Crippen LogP contribution in [0.25, 0.3) is 0 Å². The van der Waals surface area contributed by atoms with Crippen molar-refractivity contribution in [3.8, 4) is 0 Å². The molecule has 0 radical (unpaired) electrons. The number of benzene rings is 3. The van der Waals surface area contributed by atoms with Crippen LogP contribution in [-0.4, -0.2) is 61.7 Å². The Bertz CT molecular complexity index is 1320. The fraction of sp³-hybridized carbons (Fsp3) is 0.312. The van der Waals surface area contributed by atoms with Crippen LogP contribution >= 0.6 is 0 Å². The highest BCUT2D eigenvalue weighted by molar-refractivity contribution is 5.92. The third-order valence-corrected chi connectivity index (χ3v) is 6.98. The molecule has 4 N–H and O–H groups in total. The van der Waals surface area contributed by atoms with Crippen molar-refractivity contribution in [1.29, 1.82) is 0 Å². The van der Waals surface area contributed by atoms with Gasteiger partial charge in [0.25, 0.3) is 0 Å². The van der Waals surface area contributed by atoms with Gasteiger partial charge < -0.3 is 30.7 Å². The Balaban J connectivity index is 1.36. The zero-order valence-electron chi connectivity index (χ0n) is 23.5. The number of esters is 1. The number of ether oxygens (including phenoxy) is 2. The van der Waals surface area contributed by atoms with E-state index in [0.717, 1.165) is 16.7 Å². The molecule has 1 aliphatic rings. The van der Waals surface area contributed by atoms with E-state index in [2.05, 4.69) is 21.3 Å². The van der Waals surface area contributed by atoms with Crippen molar-refractivity contribution in [2.75, 3.05) is 13.7 Å². The van der Waals surface area contributed by atoms with Crippen molar-refractivity contribution in [3.05, 3.63) is 108 Å². The number of methoxy groups -OCH3 is 1. The summed E-state index contributed by atoms with van der Waals surface area (Å²) in [5, 5.41) is 11.5. The molecule has 1 saturated heterocycles. The first-order valence-corrected chi connectivity index (χ1v) is 13.9. The molecule has 1 fully saturated rings. The summed E-state index contributed by atoms with van der Waals surface area (Å²) in [6.45, 7) is 0.513. The maximum atomic E-state index is 13.5. The van der Waals surface area contributed by atoms with Gasteiger partial charge in [0.2, 0.25) is 11.8 Å². The second-order valence-electron chi connectivity index (χ2n) is 10.1. The molecule has 3 aromatic carbocycles. The molecule has 4 atom stereocenters. The number of carbonyl (C=O) groups excluding carboxylic acids is 4. The standard InChI is InChI=1S/C32H36N4O6/c1-41-31(39)28(18-23-13-7-3-8-14-23)36-30(38)27(17-22-11-5-2-6-12-22)35-29(37)26-19-25(20-33-26)34-32(40)42-21-24-15-9-4-10-16-24/h2-16,25-28,33H,17-21H2,1H3,(H,34,40)(H,35,37)(H,36,38)/t25-,26-,27-,28-/m0/s1. The predicted octanol–water partition coefficient (Wildman–Crippen LogP) is 2.27. The highest BCUT2D eigenvalue weighted by Crippen LogP contribution is 2.11. The van der Waals surface area contributed by atoms with Crippen LogP contribution in [0.15, 0.2) is 91.0 Å². The summed E-state index contributed by atoms with van der Waals surface area (Å²) in [7, 11) is 1.27. The Labute approximate surface area is 245 Å². The highest BCUT2D eigenvalue weighted by atomic mass is 16.5. The molecule has 0 bridgehead atoms. The molecule has 0 spiro atoms. The second-order valence-corrected chi connectivity index (χ2v) is 10.1. The summed E-state index contributed by atoms with van der Waals surface area (Å²) in [5.41, 5.74) is 2.57. The number of hydrogen-bond donors (Lipinski definition) is 4. The van der Waals surface area contributed by atoms with Crippen molar-refractivity contribution in [2.45, 2.75) is 50.0 Å². The molecule has 3 aromatic rings. The van der Waals surface area contributed by atoms with Gasteiger partial charge in [-0.3, -0.25) is 9.59 Å². The predicted molar refractivity (Wildman–Crippen MR) is 156 cm³/mol. The van der Waals surface area contributed by atoms with Gasteiger partial charge in [0.15, 0.2) is 0 Å². The summed E-state index contributed by atoms with van der Waals surface area (Å²) in [4.78, 5) is 51.6. The Morgan fingerprint density at radius 1 is 0.786 bits per heavy atom. The van der Waals surface area contributed by atoms with Gasteiger partial charge in [0.1, 0.15) is 18.7 Å². The van der Waals surface area contributed by atoms with Crippen LogP contribution in [0.2, 0.25) is 0 Å². The van der Waals surface area contributed by atoms with Crippen molar-refractivity contribution >= 4 is 23.9 Å². The van der Waals surface area contributed by atoms with Crippen molar-refractivity contribution < 1.29 is 28.7 Å². The van der Waals surface area contributed by atoms with Gasteiger partial charge >= 0.3 is 12.1 Å². The van der Waals surface area contributed by atoms with Gasteiger partial charge in [0, 0.05) is 25.4 Å². The zero-order chi connectivity index (χ0) is 29.7. The molecule has 1 heterocycles. The first-order chi connectivity index (χ1) is 20.4. The number of rotatable bonds is 12. The number of nitrogens with one attached hydrogen (secondary N) is 4. The number of amides is 3. The van der Waals surface area contributed by atoms with Crippen LogP contribution in [0.1, 0.15) is 23.1 Å². The van der Waals surface area contributed by atoms with E-state index in [-0.39, 0.29) is 31.4 Å². The van der Waals surface area contributed by atoms with E-state index in [0.29, 0.717) is 13.0 Å². The smallest absolute Gasteiger partial charge is 0.407 e. The summed E-state index contributed by atoms with van der Waals surface area (Å²) < 4.78 is 10.2. The number of hydrogen-bond acceptors (Lipinski definition) is 7. The Morgan fingerprint density at radius 3 is 1.90 bits per heavy atom. The van der Waals surface area contributed by atoms with Gasteiger partial charge in [-0.1, -0.05) is 91.0 Å². The van der Waals surface area contributed by atoms with Gasteiger partial charge in [0.05, 0.1) is 13.2 Å². The lowest BCUT2D eigenvalue weighted by atomic mass is 10.0. The van der Waals surface area contributed by atoms with Crippen LogP contribution < -0.4 is 21.3 Å². The fourth-order valence-corrected chi connectivity index (χ4v) is 4.77. The topological polar surface area (TPSA) is 135 Å². The Kier molecular flexibility index (Phi) is 11.1. The van der Waals surface area contributed by atoms with Crippen LogP contribution in [0, 0.1) is 0 Å². The molecule has 10 nitrogen and oxygen atoms in total. The minimum absolute atomic E-state index is 0.143.